The van der Waals surface area contributed by atoms with Crippen LogP contribution in [0.3, 0.4) is 0 Å². The number of rotatable bonds is 8. The topological polar surface area (TPSA) is 117 Å². The van der Waals surface area contributed by atoms with Gasteiger partial charge in [0.25, 0.3) is 11.5 Å². The Labute approximate surface area is 212 Å². The van der Waals surface area contributed by atoms with Crippen molar-refractivity contribution >= 4 is 26.6 Å². The fourth-order valence-corrected chi connectivity index (χ4v) is 4.92. The van der Waals surface area contributed by atoms with Gasteiger partial charge in [0.15, 0.2) is 20.9 Å². The number of carbonyl (C=O) groups is 1. The Balaban J connectivity index is 1.55. The number of hydrogen-bond acceptors (Lipinski definition) is 7. The maximum absolute atomic E-state index is 14.2. The van der Waals surface area contributed by atoms with Gasteiger partial charge in [-0.15, -0.1) is 0 Å². The van der Waals surface area contributed by atoms with E-state index in [0.717, 1.165) is 31.2 Å². The first-order chi connectivity index (χ1) is 17.5. The van der Waals surface area contributed by atoms with E-state index in [1.165, 1.54) is 42.1 Å². The Bertz CT molecular complexity index is 1470. The molecule has 1 unspecified atom stereocenters. The van der Waals surface area contributed by atoms with Crippen LogP contribution in [0.25, 0.3) is 22.0 Å². The average molecular weight is 536 g/mol. The highest BCUT2D eigenvalue weighted by Crippen LogP contribution is 2.28. The first-order valence-corrected chi connectivity index (χ1v) is 13.6. The standard InChI is InChI=1S/C25H27F2N3O6S/c1-25(37(2,33)34,24(32)29-36-21-8-3-4-13-35-21)11-12-30-15-28-20-14-16(9-10-17(20)23(30)31)22-18(26)6-5-7-19(22)27/h5-7,9-10,14-15,21H,3-4,8,11-13H2,1-2H3,(H,29,32)/t21?,25-/m1/s1. The van der Waals surface area contributed by atoms with E-state index < -0.39 is 44.0 Å². The molecule has 0 radical (unpaired) electrons. The first kappa shape index (κ1) is 26.8. The van der Waals surface area contributed by atoms with Crippen molar-refractivity contribution in [3.8, 4) is 11.1 Å². The zero-order valence-electron chi connectivity index (χ0n) is 20.4. The van der Waals surface area contributed by atoms with Gasteiger partial charge >= 0.3 is 0 Å². The van der Waals surface area contributed by atoms with Crippen LogP contribution in [0.5, 0.6) is 0 Å². The van der Waals surface area contributed by atoms with Crippen LogP contribution in [0, 0.1) is 11.6 Å². The number of carbonyl (C=O) groups excluding carboxylic acids is 1. The Morgan fingerprint density at radius 2 is 1.97 bits per heavy atom. The van der Waals surface area contributed by atoms with E-state index >= 15 is 0 Å². The molecule has 1 amide bonds. The Hall–Kier alpha value is -3.22. The summed E-state index contributed by atoms with van der Waals surface area (Å²) in [6, 6.07) is 7.75. The highest BCUT2D eigenvalue weighted by molar-refractivity contribution is 7.92. The molecule has 2 atom stereocenters. The predicted molar refractivity (Wildman–Crippen MR) is 132 cm³/mol. The number of aryl methyl sites for hydroxylation is 1. The minimum absolute atomic E-state index is 0.137. The summed E-state index contributed by atoms with van der Waals surface area (Å²) < 4.78 is 58.2. The molecule has 12 heteroatoms. The number of amides is 1. The maximum Gasteiger partial charge on any atom is 0.264 e. The molecule has 2 heterocycles. The van der Waals surface area contributed by atoms with Crippen LogP contribution in [-0.2, 0) is 30.8 Å². The van der Waals surface area contributed by atoms with Crippen molar-refractivity contribution < 1.29 is 31.6 Å². The monoisotopic (exact) mass is 535 g/mol. The highest BCUT2D eigenvalue weighted by Gasteiger charge is 2.44. The Morgan fingerprint density at radius 3 is 2.62 bits per heavy atom. The molecule has 1 aliphatic heterocycles. The summed E-state index contributed by atoms with van der Waals surface area (Å²) in [5.74, 6) is -2.36. The summed E-state index contributed by atoms with van der Waals surface area (Å²) in [5, 5.41) is 0.172. The number of hydroxylamine groups is 1. The average Bonchev–Trinajstić information content (AvgIpc) is 2.86. The number of aromatic nitrogens is 2. The van der Waals surface area contributed by atoms with Crippen molar-refractivity contribution in [3.05, 3.63) is 64.7 Å². The molecule has 1 aliphatic rings. The van der Waals surface area contributed by atoms with Gasteiger partial charge in [-0.05, 0) is 56.0 Å². The number of fused-ring (bicyclic) bond motifs is 1. The fourth-order valence-electron chi connectivity index (χ4n) is 4.08. The molecule has 2 aromatic carbocycles. The third kappa shape index (κ3) is 5.55. The molecule has 37 heavy (non-hydrogen) atoms. The summed E-state index contributed by atoms with van der Waals surface area (Å²) in [4.78, 5) is 35.4. The predicted octanol–water partition coefficient (Wildman–Crippen LogP) is 3.11. The second kappa shape index (κ2) is 10.6. The number of benzene rings is 2. The van der Waals surface area contributed by atoms with Crippen molar-refractivity contribution in [1.82, 2.24) is 15.0 Å². The summed E-state index contributed by atoms with van der Waals surface area (Å²) in [5.41, 5.74) is 1.91. The van der Waals surface area contributed by atoms with Gasteiger partial charge < -0.3 is 4.74 Å². The lowest BCUT2D eigenvalue weighted by Gasteiger charge is -2.28. The third-order valence-corrected chi connectivity index (χ3v) is 8.65. The minimum atomic E-state index is -3.93. The quantitative estimate of drug-likeness (QED) is 0.441. The molecular formula is C25H27F2N3O6S. The summed E-state index contributed by atoms with van der Waals surface area (Å²) >= 11 is 0. The minimum Gasteiger partial charge on any atom is -0.350 e. The van der Waals surface area contributed by atoms with Gasteiger partial charge in [-0.25, -0.2) is 32.5 Å². The normalized spacial score (nSPS) is 17.9. The van der Waals surface area contributed by atoms with Crippen LogP contribution in [-0.4, -0.2) is 47.8 Å². The van der Waals surface area contributed by atoms with E-state index in [4.69, 9.17) is 9.57 Å². The lowest BCUT2D eigenvalue weighted by atomic mass is 10.0. The zero-order valence-corrected chi connectivity index (χ0v) is 21.2. The van der Waals surface area contributed by atoms with E-state index in [2.05, 4.69) is 10.5 Å². The molecule has 0 aliphatic carbocycles. The second-order valence-corrected chi connectivity index (χ2v) is 11.6. The lowest BCUT2D eigenvalue weighted by Crippen LogP contribution is -2.51. The van der Waals surface area contributed by atoms with E-state index in [-0.39, 0.29) is 35.0 Å². The van der Waals surface area contributed by atoms with Crippen molar-refractivity contribution in [1.29, 1.82) is 0 Å². The largest absolute Gasteiger partial charge is 0.350 e. The lowest BCUT2D eigenvalue weighted by molar-refractivity contribution is -0.201. The molecule has 0 bridgehead atoms. The van der Waals surface area contributed by atoms with Crippen molar-refractivity contribution in [2.24, 2.45) is 0 Å². The molecule has 1 saturated heterocycles. The molecule has 1 fully saturated rings. The van der Waals surface area contributed by atoms with Crippen LogP contribution < -0.4 is 11.0 Å². The maximum atomic E-state index is 14.2. The molecule has 9 nitrogen and oxygen atoms in total. The fraction of sp³-hybridized carbons (Fsp3) is 0.400. The van der Waals surface area contributed by atoms with Gasteiger partial charge in [0, 0.05) is 25.8 Å². The SMILES string of the molecule is C[C@@](CCn1cnc2cc(-c3c(F)cccc3F)ccc2c1=O)(C(=O)NOC1CCCCO1)S(C)(=O)=O. The summed E-state index contributed by atoms with van der Waals surface area (Å²) in [7, 11) is -3.93. The number of nitrogens with one attached hydrogen (secondary N) is 1. The van der Waals surface area contributed by atoms with Crippen LogP contribution >= 0.6 is 0 Å². The number of sulfone groups is 1. The van der Waals surface area contributed by atoms with Gasteiger partial charge in [-0.3, -0.25) is 14.2 Å². The van der Waals surface area contributed by atoms with Crippen molar-refractivity contribution in [2.75, 3.05) is 12.9 Å². The van der Waals surface area contributed by atoms with E-state index in [9.17, 15) is 26.8 Å². The van der Waals surface area contributed by atoms with Gasteiger partial charge in [-0.2, -0.15) is 0 Å². The summed E-state index contributed by atoms with van der Waals surface area (Å²) in [6.07, 6.45) is 3.56. The molecule has 4 rings (SSSR count). The molecule has 1 aromatic heterocycles. The highest BCUT2D eigenvalue weighted by atomic mass is 32.2. The second-order valence-electron chi connectivity index (χ2n) is 9.17. The number of hydrogen-bond donors (Lipinski definition) is 1. The van der Waals surface area contributed by atoms with Gasteiger partial charge in [0.2, 0.25) is 0 Å². The number of ether oxygens (including phenoxy) is 1. The number of halogens is 2. The van der Waals surface area contributed by atoms with Gasteiger partial charge in [-0.1, -0.05) is 12.1 Å². The first-order valence-electron chi connectivity index (χ1n) is 11.7. The molecule has 3 aromatic rings. The Morgan fingerprint density at radius 1 is 1.24 bits per heavy atom. The smallest absolute Gasteiger partial charge is 0.264 e. The number of nitrogens with zero attached hydrogens (tertiary/aromatic N) is 2. The molecule has 198 valence electrons. The van der Waals surface area contributed by atoms with E-state index in [1.807, 2.05) is 0 Å². The van der Waals surface area contributed by atoms with Crippen molar-refractivity contribution in [3.63, 3.8) is 0 Å². The molecule has 1 N–H and O–H groups in total. The molecular weight excluding hydrogens is 508 g/mol. The third-order valence-electron chi connectivity index (χ3n) is 6.63. The van der Waals surface area contributed by atoms with Crippen molar-refractivity contribution in [2.45, 2.75) is 50.2 Å². The van der Waals surface area contributed by atoms with Crippen LogP contribution in [0.15, 0.2) is 47.5 Å². The van der Waals surface area contributed by atoms with E-state index in [1.54, 1.807) is 0 Å². The summed E-state index contributed by atoms with van der Waals surface area (Å²) in [6.45, 7) is 1.61. The van der Waals surface area contributed by atoms with Crippen LogP contribution in [0.4, 0.5) is 8.78 Å². The zero-order chi connectivity index (χ0) is 26.8. The Kier molecular flexibility index (Phi) is 7.72. The van der Waals surface area contributed by atoms with E-state index in [0.29, 0.717) is 13.0 Å². The van der Waals surface area contributed by atoms with Gasteiger partial charge in [0.05, 0.1) is 22.8 Å². The molecule has 0 saturated carbocycles. The van der Waals surface area contributed by atoms with Crippen LogP contribution in [0.2, 0.25) is 0 Å². The van der Waals surface area contributed by atoms with Gasteiger partial charge in [0.1, 0.15) is 11.6 Å². The van der Waals surface area contributed by atoms with Crippen LogP contribution in [0.1, 0.15) is 32.6 Å². The molecule has 0 spiro atoms.